The van der Waals surface area contributed by atoms with Crippen LogP contribution < -0.4 is 5.32 Å². The molecular weight excluding hydrogens is 386 g/mol. The van der Waals surface area contributed by atoms with E-state index in [9.17, 15) is 0 Å². The first-order valence-corrected chi connectivity index (χ1v) is 11.5. The van der Waals surface area contributed by atoms with Crippen molar-refractivity contribution in [3.8, 4) is 11.1 Å². The highest BCUT2D eigenvalue weighted by molar-refractivity contribution is 5.93. The molecule has 1 unspecified atom stereocenters. The lowest BCUT2D eigenvalue weighted by molar-refractivity contribution is 0.650. The van der Waals surface area contributed by atoms with Crippen LogP contribution in [0.1, 0.15) is 31.4 Å². The van der Waals surface area contributed by atoms with E-state index in [1.807, 2.05) is 0 Å². The monoisotopic (exact) mass is 413 g/mol. The van der Waals surface area contributed by atoms with Crippen molar-refractivity contribution < 1.29 is 0 Å². The molecule has 0 saturated heterocycles. The van der Waals surface area contributed by atoms with Crippen LogP contribution in [-0.4, -0.2) is 6.04 Å². The SMILES string of the molecule is CC1(C)C2=CC(Nc3ccccc3)CC=C2c2ccc(-c3ccc4ccccc4c3)cc21. The van der Waals surface area contributed by atoms with Gasteiger partial charge in [0.2, 0.25) is 0 Å². The van der Waals surface area contributed by atoms with Gasteiger partial charge in [0, 0.05) is 17.1 Å². The van der Waals surface area contributed by atoms with Gasteiger partial charge in [-0.15, -0.1) is 0 Å². The number of nitrogens with one attached hydrogen (secondary N) is 1. The largest absolute Gasteiger partial charge is 0.379 e. The second kappa shape index (κ2) is 7.24. The van der Waals surface area contributed by atoms with Gasteiger partial charge in [0.25, 0.3) is 0 Å². The smallest absolute Gasteiger partial charge is 0.0485 e. The first kappa shape index (κ1) is 19.1. The molecule has 6 rings (SSSR count). The molecule has 1 atom stereocenters. The van der Waals surface area contributed by atoms with Crippen LogP contribution in [0.4, 0.5) is 5.69 Å². The Labute approximate surface area is 190 Å². The highest BCUT2D eigenvalue weighted by Crippen LogP contribution is 2.52. The molecule has 1 nitrogen and oxygen atoms in total. The van der Waals surface area contributed by atoms with Crippen LogP contribution in [0.15, 0.2) is 109 Å². The van der Waals surface area contributed by atoms with Crippen LogP contribution in [0.2, 0.25) is 0 Å². The molecule has 4 aromatic rings. The van der Waals surface area contributed by atoms with Crippen LogP contribution >= 0.6 is 0 Å². The molecule has 0 aliphatic heterocycles. The molecule has 32 heavy (non-hydrogen) atoms. The Bertz CT molecular complexity index is 1390. The maximum atomic E-state index is 3.69. The number of hydrogen-bond donors (Lipinski definition) is 1. The number of benzene rings is 4. The molecule has 1 heteroatoms. The summed E-state index contributed by atoms with van der Waals surface area (Å²) in [7, 11) is 0. The van der Waals surface area contributed by atoms with Crippen molar-refractivity contribution in [1.82, 2.24) is 0 Å². The Balaban J connectivity index is 1.37. The lowest BCUT2D eigenvalue weighted by Crippen LogP contribution is -2.23. The van der Waals surface area contributed by atoms with E-state index in [1.54, 1.807) is 0 Å². The summed E-state index contributed by atoms with van der Waals surface area (Å²) in [6.45, 7) is 4.74. The minimum absolute atomic E-state index is 0.00887. The van der Waals surface area contributed by atoms with Crippen molar-refractivity contribution in [3.05, 3.63) is 120 Å². The second-order valence-electron chi connectivity index (χ2n) is 9.50. The maximum absolute atomic E-state index is 3.69. The van der Waals surface area contributed by atoms with Gasteiger partial charge < -0.3 is 5.32 Å². The molecule has 0 saturated carbocycles. The average molecular weight is 414 g/mol. The predicted octanol–water partition coefficient (Wildman–Crippen LogP) is 7.99. The Morgan fingerprint density at radius 1 is 0.750 bits per heavy atom. The van der Waals surface area contributed by atoms with Gasteiger partial charge in [0.05, 0.1) is 0 Å². The van der Waals surface area contributed by atoms with Crippen LogP contribution in [0.25, 0.3) is 27.5 Å². The number of para-hydroxylation sites is 1. The van der Waals surface area contributed by atoms with E-state index in [2.05, 4.69) is 122 Å². The van der Waals surface area contributed by atoms with Crippen molar-refractivity contribution in [2.24, 2.45) is 0 Å². The molecule has 0 fully saturated rings. The number of anilines is 1. The third kappa shape index (κ3) is 3.08. The van der Waals surface area contributed by atoms with E-state index in [-0.39, 0.29) is 5.41 Å². The minimum Gasteiger partial charge on any atom is -0.379 e. The fourth-order valence-corrected chi connectivity index (χ4v) is 5.35. The first-order chi connectivity index (χ1) is 15.6. The van der Waals surface area contributed by atoms with Gasteiger partial charge in [-0.2, -0.15) is 0 Å². The standard InChI is InChI=1S/C31H27N/c1-31(2)29-19-24(23-13-12-21-8-6-7-9-22(21)18-23)14-16-27(29)28-17-15-26(20-30(28)31)32-25-10-4-3-5-11-25/h3-14,16-20,26,32H,15H2,1-2H3. The zero-order valence-electron chi connectivity index (χ0n) is 18.6. The third-order valence-corrected chi connectivity index (χ3v) is 7.10. The van der Waals surface area contributed by atoms with Crippen LogP contribution in [0.5, 0.6) is 0 Å². The van der Waals surface area contributed by atoms with Crippen molar-refractivity contribution in [2.45, 2.75) is 31.7 Å². The Hall–Kier alpha value is -3.58. The number of hydrogen-bond acceptors (Lipinski definition) is 1. The topological polar surface area (TPSA) is 12.0 Å². The first-order valence-electron chi connectivity index (χ1n) is 11.5. The molecule has 1 N–H and O–H groups in total. The van der Waals surface area contributed by atoms with Crippen LogP contribution in [0.3, 0.4) is 0 Å². The maximum Gasteiger partial charge on any atom is 0.0485 e. The molecule has 2 aliphatic rings. The van der Waals surface area contributed by atoms with Crippen LogP contribution in [0, 0.1) is 0 Å². The average Bonchev–Trinajstić information content (AvgIpc) is 3.05. The lowest BCUT2D eigenvalue weighted by Gasteiger charge is -2.27. The summed E-state index contributed by atoms with van der Waals surface area (Å²) in [5.74, 6) is 0. The summed E-state index contributed by atoms with van der Waals surface area (Å²) in [4.78, 5) is 0. The highest BCUT2D eigenvalue weighted by atomic mass is 14.9. The van der Waals surface area contributed by atoms with E-state index in [0.29, 0.717) is 6.04 Å². The molecule has 156 valence electrons. The molecular formula is C31H27N. The van der Waals surface area contributed by atoms with E-state index in [4.69, 9.17) is 0 Å². The van der Waals surface area contributed by atoms with Crippen LogP contribution in [-0.2, 0) is 5.41 Å². The third-order valence-electron chi connectivity index (χ3n) is 7.10. The Morgan fingerprint density at radius 3 is 2.31 bits per heavy atom. The van der Waals surface area contributed by atoms with Gasteiger partial charge in [-0.25, -0.2) is 0 Å². The quantitative estimate of drug-likeness (QED) is 0.359. The van der Waals surface area contributed by atoms with Gasteiger partial charge >= 0.3 is 0 Å². The van der Waals surface area contributed by atoms with Gasteiger partial charge in [-0.3, -0.25) is 0 Å². The fraction of sp³-hybridized carbons (Fsp3) is 0.161. The zero-order valence-corrected chi connectivity index (χ0v) is 18.6. The van der Waals surface area contributed by atoms with E-state index in [1.165, 1.54) is 49.9 Å². The van der Waals surface area contributed by atoms with E-state index in [0.717, 1.165) is 6.42 Å². The summed E-state index contributed by atoms with van der Waals surface area (Å²) < 4.78 is 0. The summed E-state index contributed by atoms with van der Waals surface area (Å²) in [6.07, 6.45) is 5.90. The van der Waals surface area contributed by atoms with Gasteiger partial charge in [-0.05, 0) is 74.9 Å². The summed E-state index contributed by atoms with van der Waals surface area (Å²) in [5, 5.41) is 6.27. The molecule has 2 aliphatic carbocycles. The zero-order chi connectivity index (χ0) is 21.7. The number of fused-ring (bicyclic) bond motifs is 4. The normalized spacial score (nSPS) is 18.5. The lowest BCUT2D eigenvalue weighted by atomic mass is 9.79. The predicted molar refractivity (Wildman–Crippen MR) is 137 cm³/mol. The Kier molecular flexibility index (Phi) is 4.33. The van der Waals surface area contributed by atoms with Crippen molar-refractivity contribution in [2.75, 3.05) is 5.32 Å². The van der Waals surface area contributed by atoms with Crippen molar-refractivity contribution in [1.29, 1.82) is 0 Å². The molecule has 0 radical (unpaired) electrons. The minimum atomic E-state index is -0.00887. The van der Waals surface area contributed by atoms with Crippen molar-refractivity contribution in [3.63, 3.8) is 0 Å². The molecule has 4 aromatic carbocycles. The Morgan fingerprint density at radius 2 is 1.47 bits per heavy atom. The fourth-order valence-electron chi connectivity index (χ4n) is 5.35. The summed E-state index contributed by atoms with van der Waals surface area (Å²) >= 11 is 0. The summed E-state index contributed by atoms with van der Waals surface area (Å²) in [6, 6.07) is 33.2. The molecule has 0 bridgehead atoms. The molecule has 0 amide bonds. The second-order valence-corrected chi connectivity index (χ2v) is 9.50. The van der Waals surface area contributed by atoms with Gasteiger partial charge in [0.1, 0.15) is 0 Å². The van der Waals surface area contributed by atoms with E-state index < -0.39 is 0 Å². The van der Waals surface area contributed by atoms with Gasteiger partial charge in [0.15, 0.2) is 0 Å². The van der Waals surface area contributed by atoms with Gasteiger partial charge in [-0.1, -0.05) is 92.7 Å². The number of rotatable bonds is 3. The number of allylic oxidation sites excluding steroid dienone is 2. The molecule has 0 spiro atoms. The highest BCUT2D eigenvalue weighted by Gasteiger charge is 2.39. The van der Waals surface area contributed by atoms with E-state index >= 15 is 0 Å². The molecule has 0 heterocycles. The van der Waals surface area contributed by atoms with Crippen molar-refractivity contribution >= 4 is 22.0 Å². The molecule has 0 aromatic heterocycles. The summed E-state index contributed by atoms with van der Waals surface area (Å²) in [5.41, 5.74) is 9.43.